The van der Waals surface area contributed by atoms with E-state index in [1.807, 2.05) is 6.07 Å². The molecule has 0 aromatic heterocycles. The Balaban J connectivity index is 0.000000337. The Labute approximate surface area is 209 Å². The first-order chi connectivity index (χ1) is 15.3. The van der Waals surface area contributed by atoms with E-state index in [1.165, 1.54) is 52.9 Å². The molecule has 1 aliphatic rings. The molecule has 1 aliphatic carbocycles. The van der Waals surface area contributed by atoms with Crippen LogP contribution in [0.25, 0.3) is 33.0 Å². The number of hydrogen-bond donors (Lipinski definition) is 1. The summed E-state index contributed by atoms with van der Waals surface area (Å²) in [6.45, 7) is 7.48. The number of fused-ring (bicyclic) bond motifs is 4. The molecule has 0 saturated carbocycles. The Morgan fingerprint density at radius 2 is 1.61 bits per heavy atom. The number of aliphatic hydroxyl groups excluding tert-OH is 1. The van der Waals surface area contributed by atoms with E-state index in [0.717, 1.165) is 11.1 Å². The number of allylic oxidation sites excluding steroid dienone is 2. The molecule has 0 atom stereocenters. The number of carbonyl (C=O) groups excluding carboxylic acids is 1. The standard InChI is InChI=1S/C25H18.C5H8O2.Ir/c1-25(2)23-13-6-5-11-21(23)22-15-14-18(16-24(22)25)20-12-7-9-17-8-3-4-10-19(17)20;1-4(6)3-5(2)7;/h3-11,13,15-16H,1-2H3;3,6H,1-2H3;/q-2;;/b;4-3-;. The van der Waals surface area contributed by atoms with Gasteiger partial charge in [-0.15, -0.1) is 34.5 Å². The molecular weight excluding hydrogens is 585 g/mol. The zero-order valence-corrected chi connectivity index (χ0v) is 21.6. The summed E-state index contributed by atoms with van der Waals surface area (Å²) in [6.07, 6.45) is 1.17. The van der Waals surface area contributed by atoms with Crippen molar-refractivity contribution < 1.29 is 30.0 Å². The van der Waals surface area contributed by atoms with E-state index in [4.69, 9.17) is 5.11 Å². The third-order valence-electron chi connectivity index (χ3n) is 5.92. The predicted octanol–water partition coefficient (Wildman–Crippen LogP) is 7.45. The molecule has 0 unspecified atom stereocenters. The van der Waals surface area contributed by atoms with Gasteiger partial charge in [0.25, 0.3) is 0 Å². The second kappa shape index (κ2) is 9.87. The van der Waals surface area contributed by atoms with Gasteiger partial charge in [0.1, 0.15) is 0 Å². The Morgan fingerprint density at radius 1 is 0.909 bits per heavy atom. The first-order valence-electron chi connectivity index (χ1n) is 10.7. The molecule has 33 heavy (non-hydrogen) atoms. The predicted molar refractivity (Wildman–Crippen MR) is 132 cm³/mol. The fourth-order valence-corrected chi connectivity index (χ4v) is 4.46. The zero-order chi connectivity index (χ0) is 22.9. The van der Waals surface area contributed by atoms with Crippen molar-refractivity contribution in [3.8, 4) is 22.3 Å². The summed E-state index contributed by atoms with van der Waals surface area (Å²) < 4.78 is 0. The van der Waals surface area contributed by atoms with E-state index >= 15 is 0 Å². The van der Waals surface area contributed by atoms with Gasteiger partial charge in [-0.2, -0.15) is 24.3 Å². The molecule has 1 N–H and O–H groups in total. The van der Waals surface area contributed by atoms with Crippen LogP contribution in [-0.4, -0.2) is 10.9 Å². The van der Waals surface area contributed by atoms with Gasteiger partial charge >= 0.3 is 0 Å². The number of rotatable bonds is 2. The minimum Gasteiger partial charge on any atom is -0.512 e. The maximum atomic E-state index is 10.0. The number of aliphatic hydroxyl groups is 1. The normalized spacial score (nSPS) is 13.3. The second-order valence-electron chi connectivity index (χ2n) is 8.68. The van der Waals surface area contributed by atoms with Crippen molar-refractivity contribution in [2.45, 2.75) is 33.1 Å². The van der Waals surface area contributed by atoms with Gasteiger partial charge in [0.2, 0.25) is 0 Å². The molecule has 4 aromatic rings. The molecule has 0 aliphatic heterocycles. The number of carbonyl (C=O) groups is 1. The van der Waals surface area contributed by atoms with Gasteiger partial charge in [-0.05, 0) is 24.8 Å². The van der Waals surface area contributed by atoms with Crippen molar-refractivity contribution >= 4 is 16.6 Å². The third kappa shape index (κ3) is 4.85. The molecule has 0 bridgehead atoms. The Kier molecular flexibility index (Phi) is 7.37. The maximum Gasteiger partial charge on any atom is 0.155 e. The SMILES string of the molecule is CC(=O)/C=C(/C)O.CC1(C)c2ccccc2-c2c[c-]c(-c3[c-]ccc4ccccc34)cc21.[Ir]. The molecule has 2 nitrogen and oxygen atoms in total. The number of ketones is 1. The van der Waals surface area contributed by atoms with Crippen LogP contribution >= 0.6 is 0 Å². The average molecular weight is 611 g/mol. The summed E-state index contributed by atoms with van der Waals surface area (Å²) in [6, 6.07) is 32.8. The van der Waals surface area contributed by atoms with Gasteiger partial charge in [-0.3, -0.25) is 4.79 Å². The molecular formula is C30H26IrO2-2. The Morgan fingerprint density at radius 3 is 2.30 bits per heavy atom. The summed E-state index contributed by atoms with van der Waals surface area (Å²) >= 11 is 0. The van der Waals surface area contributed by atoms with Crippen molar-refractivity contribution in [3.05, 3.63) is 108 Å². The summed E-state index contributed by atoms with van der Waals surface area (Å²) in [7, 11) is 0. The minimum atomic E-state index is -0.125. The quantitative estimate of drug-likeness (QED) is 0.146. The third-order valence-corrected chi connectivity index (χ3v) is 5.92. The zero-order valence-electron chi connectivity index (χ0n) is 19.2. The van der Waals surface area contributed by atoms with Gasteiger partial charge < -0.3 is 5.11 Å². The van der Waals surface area contributed by atoms with Crippen LogP contribution < -0.4 is 0 Å². The molecule has 0 heterocycles. The summed E-state index contributed by atoms with van der Waals surface area (Å²) in [5.74, 6) is -0.0625. The molecule has 3 heteroatoms. The van der Waals surface area contributed by atoms with Gasteiger partial charge in [0.05, 0.1) is 5.76 Å². The second-order valence-corrected chi connectivity index (χ2v) is 8.68. The van der Waals surface area contributed by atoms with Crippen LogP contribution in [0.2, 0.25) is 0 Å². The molecule has 1 radical (unpaired) electrons. The maximum absolute atomic E-state index is 10.0. The van der Waals surface area contributed by atoms with Crippen molar-refractivity contribution in [2.24, 2.45) is 0 Å². The van der Waals surface area contributed by atoms with Crippen LogP contribution in [-0.2, 0) is 30.3 Å². The van der Waals surface area contributed by atoms with Crippen LogP contribution in [0.1, 0.15) is 38.8 Å². The van der Waals surface area contributed by atoms with Crippen LogP contribution in [0, 0.1) is 12.1 Å². The Bertz CT molecular complexity index is 1340. The first-order valence-corrected chi connectivity index (χ1v) is 10.7. The van der Waals surface area contributed by atoms with E-state index in [1.54, 1.807) is 0 Å². The minimum absolute atomic E-state index is 0. The van der Waals surface area contributed by atoms with Crippen molar-refractivity contribution in [1.29, 1.82) is 0 Å². The number of benzene rings is 4. The van der Waals surface area contributed by atoms with Gasteiger partial charge in [0, 0.05) is 26.2 Å². The topological polar surface area (TPSA) is 37.3 Å². The van der Waals surface area contributed by atoms with Gasteiger partial charge in [-0.1, -0.05) is 67.4 Å². The fraction of sp³-hybridized carbons (Fsp3) is 0.167. The average Bonchev–Trinajstić information content (AvgIpc) is 3.00. The van der Waals surface area contributed by atoms with Crippen molar-refractivity contribution in [3.63, 3.8) is 0 Å². The van der Waals surface area contributed by atoms with Crippen LogP contribution in [0.5, 0.6) is 0 Å². The summed E-state index contributed by atoms with van der Waals surface area (Å²) in [5.41, 5.74) is 7.70. The van der Waals surface area contributed by atoms with Crippen LogP contribution in [0.4, 0.5) is 0 Å². The van der Waals surface area contributed by atoms with E-state index in [0.29, 0.717) is 0 Å². The molecule has 5 rings (SSSR count). The van der Waals surface area contributed by atoms with Gasteiger partial charge in [0.15, 0.2) is 5.78 Å². The molecule has 0 spiro atoms. The van der Waals surface area contributed by atoms with Crippen LogP contribution in [0.15, 0.2) is 84.6 Å². The fourth-order valence-electron chi connectivity index (χ4n) is 4.46. The summed E-state index contributed by atoms with van der Waals surface area (Å²) in [4.78, 5) is 10.0. The van der Waals surface area contributed by atoms with E-state index in [2.05, 4.69) is 92.7 Å². The molecule has 169 valence electrons. The number of hydrogen-bond acceptors (Lipinski definition) is 2. The van der Waals surface area contributed by atoms with E-state index < -0.39 is 0 Å². The molecule has 0 fully saturated rings. The van der Waals surface area contributed by atoms with E-state index in [9.17, 15) is 4.79 Å². The van der Waals surface area contributed by atoms with Gasteiger partial charge in [-0.25, -0.2) is 11.1 Å². The molecule has 0 saturated heterocycles. The first kappa shape index (κ1) is 24.6. The molecule has 4 aromatic carbocycles. The monoisotopic (exact) mass is 611 g/mol. The van der Waals surface area contributed by atoms with Crippen LogP contribution in [0.3, 0.4) is 0 Å². The Hall–Kier alpha value is -3.00. The van der Waals surface area contributed by atoms with Crippen molar-refractivity contribution in [2.75, 3.05) is 0 Å². The van der Waals surface area contributed by atoms with E-state index in [-0.39, 0.29) is 37.1 Å². The largest absolute Gasteiger partial charge is 0.512 e. The molecule has 0 amide bonds. The smallest absolute Gasteiger partial charge is 0.155 e. The van der Waals surface area contributed by atoms with Crippen molar-refractivity contribution in [1.82, 2.24) is 0 Å². The summed E-state index contributed by atoms with van der Waals surface area (Å²) in [5, 5.41) is 10.8.